The van der Waals surface area contributed by atoms with Gasteiger partial charge < -0.3 is 4.74 Å². The number of benzene rings is 2. The average Bonchev–Trinajstić information content (AvgIpc) is 3.12. The summed E-state index contributed by atoms with van der Waals surface area (Å²) in [5.74, 6) is -1.71. The second-order valence-electron chi connectivity index (χ2n) is 5.72. The van der Waals surface area contributed by atoms with E-state index in [1.165, 1.54) is 12.1 Å². The third-order valence-electron chi connectivity index (χ3n) is 3.54. The highest BCUT2D eigenvalue weighted by molar-refractivity contribution is 7.90. The summed E-state index contributed by atoms with van der Waals surface area (Å²) in [6.45, 7) is 0. The quantitative estimate of drug-likeness (QED) is 0.545. The second-order valence-corrected chi connectivity index (χ2v) is 8.62. The molecule has 164 valence electrons. The molecule has 0 radical (unpaired) electrons. The highest BCUT2D eigenvalue weighted by Crippen LogP contribution is 2.29. The van der Waals surface area contributed by atoms with Gasteiger partial charge in [-0.15, -0.1) is 18.3 Å². The zero-order valence-corrected chi connectivity index (χ0v) is 17.8. The fraction of sp³-hybridized carbons (Fsp3) is 0.0625. The van der Waals surface area contributed by atoms with Crippen LogP contribution < -0.4 is 9.46 Å². The van der Waals surface area contributed by atoms with E-state index in [0.717, 1.165) is 35.1 Å². The van der Waals surface area contributed by atoms with E-state index in [9.17, 15) is 26.4 Å². The number of ether oxygens (including phenoxy) is 1. The summed E-state index contributed by atoms with van der Waals surface area (Å²) in [4.78, 5) is 11.9. The molecule has 0 unspecified atom stereocenters. The minimum atomic E-state index is -4.90. The molecule has 1 aromatic heterocycles. The minimum absolute atomic E-state index is 0.0588. The van der Waals surface area contributed by atoms with Crippen LogP contribution in [0.3, 0.4) is 0 Å². The highest BCUT2D eigenvalue weighted by Gasteiger charge is 2.31. The van der Waals surface area contributed by atoms with Crippen molar-refractivity contribution in [2.45, 2.75) is 11.3 Å². The number of aromatic nitrogens is 3. The molecular weight excluding hydrogens is 508 g/mol. The number of nitrogens with one attached hydrogen (secondary N) is 1. The van der Waals surface area contributed by atoms with Gasteiger partial charge in [0.15, 0.2) is 5.69 Å². The van der Waals surface area contributed by atoms with E-state index in [1.54, 1.807) is 4.72 Å². The Morgan fingerprint density at radius 1 is 1.06 bits per heavy atom. The van der Waals surface area contributed by atoms with Crippen molar-refractivity contribution >= 4 is 50.7 Å². The summed E-state index contributed by atoms with van der Waals surface area (Å²) in [5.41, 5.74) is -0.364. The zero-order chi connectivity index (χ0) is 23.0. The van der Waals surface area contributed by atoms with Gasteiger partial charge in [-0.05, 0) is 30.3 Å². The van der Waals surface area contributed by atoms with Crippen molar-refractivity contribution in [2.24, 2.45) is 0 Å². The Balaban J connectivity index is 1.82. The molecule has 8 nitrogen and oxygen atoms in total. The lowest BCUT2D eigenvalue weighted by Gasteiger charge is -2.10. The molecule has 0 spiro atoms. The van der Waals surface area contributed by atoms with Crippen LogP contribution in [0.5, 0.6) is 5.75 Å². The van der Waals surface area contributed by atoms with Crippen LogP contribution in [0.1, 0.15) is 10.5 Å². The van der Waals surface area contributed by atoms with Crippen LogP contribution in [0.25, 0.3) is 5.69 Å². The van der Waals surface area contributed by atoms with Crippen molar-refractivity contribution < 1.29 is 31.1 Å². The van der Waals surface area contributed by atoms with Gasteiger partial charge in [-0.3, -0.25) is 4.79 Å². The molecule has 15 heteroatoms. The van der Waals surface area contributed by atoms with Crippen molar-refractivity contribution in [1.82, 2.24) is 19.7 Å². The number of halogens is 6. The Kier molecular flexibility index (Phi) is 6.37. The van der Waals surface area contributed by atoms with Gasteiger partial charge in [0.2, 0.25) is 0 Å². The number of sulfonamides is 1. The molecule has 1 amide bonds. The molecule has 1 heterocycles. The molecule has 0 fully saturated rings. The summed E-state index contributed by atoms with van der Waals surface area (Å²) in [6.07, 6.45) is -3.88. The molecule has 2 aromatic carbocycles. The molecule has 0 aliphatic rings. The Morgan fingerprint density at radius 3 is 2.42 bits per heavy atom. The van der Waals surface area contributed by atoms with Gasteiger partial charge in [-0.2, -0.15) is 0 Å². The van der Waals surface area contributed by atoms with E-state index in [2.05, 4.69) is 15.0 Å². The first kappa shape index (κ1) is 23.1. The number of carbonyl (C=O) groups excluding carboxylic acids is 1. The van der Waals surface area contributed by atoms with Crippen LogP contribution in [0.2, 0.25) is 15.1 Å². The van der Waals surface area contributed by atoms with Gasteiger partial charge in [-0.25, -0.2) is 17.8 Å². The summed E-state index contributed by atoms with van der Waals surface area (Å²) in [6, 6.07) is 6.67. The predicted molar refractivity (Wildman–Crippen MR) is 104 cm³/mol. The van der Waals surface area contributed by atoms with E-state index in [4.69, 9.17) is 34.8 Å². The fourth-order valence-electron chi connectivity index (χ4n) is 2.27. The van der Waals surface area contributed by atoms with E-state index in [1.807, 2.05) is 0 Å². The molecule has 3 aromatic rings. The van der Waals surface area contributed by atoms with Crippen LogP contribution in [0, 0.1) is 0 Å². The van der Waals surface area contributed by atoms with Gasteiger partial charge in [-0.1, -0.05) is 40.0 Å². The van der Waals surface area contributed by atoms with Gasteiger partial charge in [0.1, 0.15) is 10.6 Å². The van der Waals surface area contributed by atoms with E-state index in [-0.39, 0.29) is 20.8 Å². The Hall–Kier alpha value is -2.54. The third-order valence-corrected chi connectivity index (χ3v) is 5.89. The van der Waals surface area contributed by atoms with Crippen LogP contribution in [-0.4, -0.2) is 35.7 Å². The van der Waals surface area contributed by atoms with Crippen molar-refractivity contribution in [3.8, 4) is 11.4 Å². The smallest absolute Gasteiger partial charge is 0.406 e. The van der Waals surface area contributed by atoms with Crippen LogP contribution in [0.4, 0.5) is 13.2 Å². The summed E-state index contributed by atoms with van der Waals surface area (Å²) in [7, 11) is -4.39. The Labute approximate surface area is 187 Å². The number of alkyl halides is 3. The number of nitrogens with zero attached hydrogens (tertiary/aromatic N) is 3. The lowest BCUT2D eigenvalue weighted by atomic mass is 10.3. The second kappa shape index (κ2) is 8.54. The van der Waals surface area contributed by atoms with Crippen molar-refractivity contribution in [3.63, 3.8) is 0 Å². The van der Waals surface area contributed by atoms with Gasteiger partial charge >= 0.3 is 6.36 Å². The maximum Gasteiger partial charge on any atom is 0.573 e. The number of rotatable bonds is 5. The normalized spacial score (nSPS) is 11.9. The largest absolute Gasteiger partial charge is 0.573 e. The van der Waals surface area contributed by atoms with Crippen molar-refractivity contribution in [3.05, 3.63) is 63.4 Å². The molecule has 0 saturated carbocycles. The van der Waals surface area contributed by atoms with Gasteiger partial charge in [0.25, 0.3) is 15.9 Å². The molecular formula is C16H8Cl3F3N4O4S. The van der Waals surface area contributed by atoms with E-state index >= 15 is 0 Å². The molecule has 3 rings (SSSR count). The summed E-state index contributed by atoms with van der Waals surface area (Å²) < 4.78 is 68.2. The first-order chi connectivity index (χ1) is 14.4. The van der Waals surface area contributed by atoms with Crippen LogP contribution in [0.15, 0.2) is 47.5 Å². The monoisotopic (exact) mass is 514 g/mol. The molecule has 0 bridgehead atoms. The maximum atomic E-state index is 12.4. The lowest BCUT2D eigenvalue weighted by Crippen LogP contribution is -2.31. The first-order valence-electron chi connectivity index (χ1n) is 7.86. The molecule has 0 atom stereocenters. The van der Waals surface area contributed by atoms with Gasteiger partial charge in [0, 0.05) is 11.1 Å². The van der Waals surface area contributed by atoms with Gasteiger partial charge in [0.05, 0.1) is 21.9 Å². The van der Waals surface area contributed by atoms with Crippen molar-refractivity contribution in [1.29, 1.82) is 0 Å². The van der Waals surface area contributed by atoms with Crippen LogP contribution >= 0.6 is 34.8 Å². The molecule has 0 saturated heterocycles. The zero-order valence-electron chi connectivity index (χ0n) is 14.7. The lowest BCUT2D eigenvalue weighted by molar-refractivity contribution is -0.274. The minimum Gasteiger partial charge on any atom is -0.406 e. The number of amides is 1. The number of hydrogen-bond donors (Lipinski definition) is 1. The molecule has 0 aliphatic carbocycles. The highest BCUT2D eigenvalue weighted by atomic mass is 35.5. The van der Waals surface area contributed by atoms with E-state index in [0.29, 0.717) is 0 Å². The molecule has 1 N–H and O–H groups in total. The third kappa shape index (κ3) is 5.58. The summed E-state index contributed by atoms with van der Waals surface area (Å²) >= 11 is 17.6. The molecule has 0 aliphatic heterocycles. The Morgan fingerprint density at radius 2 is 1.77 bits per heavy atom. The standard InChI is InChI=1S/C16H8Cl3F3N4O4S/c17-8-1-3-10(18)14(5-8)31(28,29)24-15(27)12-7-26(25-23-12)13-4-2-9(6-11(13)19)30-16(20,21)22/h1-7H,(H,24,27). The Bertz CT molecular complexity index is 1270. The SMILES string of the molecule is O=C(NS(=O)(=O)c1cc(Cl)ccc1Cl)c1cn(-c2ccc(OC(F)(F)F)cc2Cl)nn1. The summed E-state index contributed by atoms with van der Waals surface area (Å²) in [5, 5.41) is 6.88. The predicted octanol–water partition coefficient (Wildman–Crippen LogP) is 4.24. The average molecular weight is 516 g/mol. The maximum absolute atomic E-state index is 12.4. The topological polar surface area (TPSA) is 103 Å². The molecule has 31 heavy (non-hydrogen) atoms. The fourth-order valence-corrected chi connectivity index (χ4v) is 4.25. The van der Waals surface area contributed by atoms with Crippen LogP contribution in [-0.2, 0) is 10.0 Å². The number of hydrogen-bond acceptors (Lipinski definition) is 6. The first-order valence-corrected chi connectivity index (χ1v) is 10.5. The van der Waals surface area contributed by atoms with Crippen molar-refractivity contribution in [2.75, 3.05) is 0 Å². The number of carbonyl (C=O) groups is 1. The van der Waals surface area contributed by atoms with E-state index < -0.39 is 38.6 Å².